The van der Waals surface area contributed by atoms with Crippen molar-refractivity contribution in [1.82, 2.24) is 14.5 Å². The number of anilines is 1. The van der Waals surface area contributed by atoms with Crippen LogP contribution in [0.4, 0.5) is 14.6 Å². The number of nitrogens with one attached hydrogen (secondary N) is 1. The van der Waals surface area contributed by atoms with Crippen molar-refractivity contribution in [3.63, 3.8) is 0 Å². The predicted octanol–water partition coefficient (Wildman–Crippen LogP) is 2.90. The van der Waals surface area contributed by atoms with Gasteiger partial charge < -0.3 is 9.88 Å². The molecule has 1 aliphatic rings. The van der Waals surface area contributed by atoms with Crippen LogP contribution in [0.1, 0.15) is 12.0 Å². The molecule has 0 unspecified atom stereocenters. The van der Waals surface area contributed by atoms with Crippen LogP contribution in [0.5, 0.6) is 0 Å². The Kier molecular flexibility index (Phi) is 3.80. The minimum Gasteiger partial charge on any atom is -0.311 e. The number of nitrogens with zero attached hydrogens (tertiary/aromatic N) is 3. The number of aryl methyl sites for hydroxylation is 2. The largest absolute Gasteiger partial charge is 0.311 e. The van der Waals surface area contributed by atoms with Crippen molar-refractivity contribution in [2.45, 2.75) is 19.3 Å². The average Bonchev–Trinajstić information content (AvgIpc) is 3.28. The number of carbonyl (C=O) groups excluding carboxylic acids is 1. The highest BCUT2D eigenvalue weighted by Crippen LogP contribution is 2.49. The van der Waals surface area contributed by atoms with E-state index in [0.29, 0.717) is 16.5 Å². The molecule has 1 fully saturated rings. The van der Waals surface area contributed by atoms with E-state index in [-0.39, 0.29) is 11.4 Å². The number of hydrogen-bond acceptors (Lipinski definition) is 4. The number of hydrogen-bond donors (Lipinski definition) is 1. The molecule has 0 bridgehead atoms. The van der Waals surface area contributed by atoms with Crippen LogP contribution in [-0.4, -0.2) is 26.4 Å². The first-order chi connectivity index (χ1) is 12.8. The highest BCUT2D eigenvalue weighted by molar-refractivity contribution is 5.96. The summed E-state index contributed by atoms with van der Waals surface area (Å²) >= 11 is 0. The Morgan fingerprint density at radius 3 is 2.70 bits per heavy atom. The van der Waals surface area contributed by atoms with Gasteiger partial charge in [-0.2, -0.15) is 0 Å². The molecular formula is C19H16F2N4O2. The normalized spacial score (nSPS) is 17.7. The SMILES string of the molecule is Cc1ccncc1-c1cc2cnc(NC(=O)[C@H]3CC3(F)F)cc2n(C)c1=O. The van der Waals surface area contributed by atoms with E-state index in [1.807, 2.05) is 13.0 Å². The summed E-state index contributed by atoms with van der Waals surface area (Å²) in [5, 5.41) is 3.08. The Balaban J connectivity index is 1.74. The van der Waals surface area contributed by atoms with E-state index in [1.54, 1.807) is 25.5 Å². The van der Waals surface area contributed by atoms with Gasteiger partial charge in [0.1, 0.15) is 11.7 Å². The summed E-state index contributed by atoms with van der Waals surface area (Å²) in [6, 6.07) is 5.05. The van der Waals surface area contributed by atoms with Crippen LogP contribution in [0.2, 0.25) is 0 Å². The van der Waals surface area contributed by atoms with E-state index in [9.17, 15) is 18.4 Å². The summed E-state index contributed by atoms with van der Waals surface area (Å²) in [5.41, 5.74) is 2.46. The number of rotatable bonds is 3. The van der Waals surface area contributed by atoms with Crippen molar-refractivity contribution >= 4 is 22.6 Å². The van der Waals surface area contributed by atoms with Crippen LogP contribution in [0.3, 0.4) is 0 Å². The van der Waals surface area contributed by atoms with Gasteiger partial charge in [-0.05, 0) is 24.6 Å². The zero-order chi connectivity index (χ0) is 19.3. The molecule has 3 aromatic rings. The smallest absolute Gasteiger partial charge is 0.260 e. The molecule has 0 radical (unpaired) electrons. The lowest BCUT2D eigenvalue weighted by Crippen LogP contribution is -2.21. The van der Waals surface area contributed by atoms with Crippen molar-refractivity contribution in [2.75, 3.05) is 5.32 Å². The third-order valence-electron chi connectivity index (χ3n) is 4.83. The second-order valence-corrected chi connectivity index (χ2v) is 6.75. The molecule has 0 saturated heterocycles. The van der Waals surface area contributed by atoms with Gasteiger partial charge in [-0.1, -0.05) is 0 Å². The lowest BCUT2D eigenvalue weighted by atomic mass is 10.0. The summed E-state index contributed by atoms with van der Waals surface area (Å²) in [5.74, 6) is -4.88. The number of fused-ring (bicyclic) bond motifs is 1. The molecule has 1 atom stereocenters. The van der Waals surface area contributed by atoms with Gasteiger partial charge in [0.25, 0.3) is 11.5 Å². The van der Waals surface area contributed by atoms with Crippen LogP contribution in [0.25, 0.3) is 22.0 Å². The Morgan fingerprint density at radius 1 is 1.30 bits per heavy atom. The van der Waals surface area contributed by atoms with Crippen molar-refractivity contribution in [3.05, 3.63) is 52.7 Å². The Labute approximate surface area is 152 Å². The number of alkyl halides is 2. The van der Waals surface area contributed by atoms with E-state index < -0.39 is 24.2 Å². The minimum absolute atomic E-state index is 0.135. The van der Waals surface area contributed by atoms with Crippen LogP contribution >= 0.6 is 0 Å². The highest BCUT2D eigenvalue weighted by atomic mass is 19.3. The summed E-state index contributed by atoms with van der Waals surface area (Å²) in [4.78, 5) is 32.9. The van der Waals surface area contributed by atoms with Gasteiger partial charge in [0.2, 0.25) is 5.91 Å². The van der Waals surface area contributed by atoms with Crippen molar-refractivity contribution < 1.29 is 13.6 Å². The highest BCUT2D eigenvalue weighted by Gasteiger charge is 2.61. The van der Waals surface area contributed by atoms with Gasteiger partial charge in [0, 0.05) is 54.6 Å². The van der Waals surface area contributed by atoms with E-state index in [2.05, 4.69) is 15.3 Å². The second kappa shape index (κ2) is 5.94. The standard InChI is InChI=1S/C19H16F2N4O2/c1-10-3-4-22-9-13(10)12-5-11-8-23-16(6-15(11)25(2)18(12)27)24-17(26)14-7-19(14,20)21/h3-6,8-9,14H,7H2,1-2H3,(H,23,24,26)/t14-/m1/s1. The van der Waals surface area contributed by atoms with Crippen LogP contribution in [0, 0.1) is 12.8 Å². The van der Waals surface area contributed by atoms with Gasteiger partial charge in [0.15, 0.2) is 0 Å². The maximum absolute atomic E-state index is 13.0. The molecular weight excluding hydrogens is 354 g/mol. The molecule has 1 aliphatic carbocycles. The zero-order valence-electron chi connectivity index (χ0n) is 14.7. The number of pyridine rings is 3. The average molecular weight is 370 g/mol. The molecule has 3 heterocycles. The summed E-state index contributed by atoms with van der Waals surface area (Å²) < 4.78 is 27.5. The lowest BCUT2D eigenvalue weighted by molar-refractivity contribution is -0.119. The maximum atomic E-state index is 13.0. The molecule has 1 amide bonds. The second-order valence-electron chi connectivity index (χ2n) is 6.75. The summed E-state index contributed by atoms with van der Waals surface area (Å²) in [6.07, 6.45) is 4.35. The number of amides is 1. The first-order valence-corrected chi connectivity index (χ1v) is 8.37. The lowest BCUT2D eigenvalue weighted by Gasteiger charge is -2.12. The molecule has 3 aromatic heterocycles. The van der Waals surface area contributed by atoms with E-state index >= 15 is 0 Å². The minimum atomic E-state index is -2.94. The summed E-state index contributed by atoms with van der Waals surface area (Å²) in [6.45, 7) is 1.89. The molecule has 0 aliphatic heterocycles. The number of halogens is 2. The predicted molar refractivity (Wildman–Crippen MR) is 96.6 cm³/mol. The van der Waals surface area contributed by atoms with Crippen molar-refractivity contribution in [1.29, 1.82) is 0 Å². The van der Waals surface area contributed by atoms with Crippen LogP contribution in [-0.2, 0) is 11.8 Å². The van der Waals surface area contributed by atoms with Gasteiger partial charge in [-0.15, -0.1) is 0 Å². The Hall–Kier alpha value is -3.16. The molecule has 27 heavy (non-hydrogen) atoms. The zero-order valence-corrected chi connectivity index (χ0v) is 14.7. The molecule has 1 saturated carbocycles. The fourth-order valence-electron chi connectivity index (χ4n) is 3.08. The molecule has 0 aromatic carbocycles. The molecule has 0 spiro atoms. The van der Waals surface area contributed by atoms with Crippen molar-refractivity contribution in [2.24, 2.45) is 13.0 Å². The molecule has 1 N–H and O–H groups in total. The topological polar surface area (TPSA) is 76.9 Å². The van der Waals surface area contributed by atoms with Crippen LogP contribution < -0.4 is 10.9 Å². The third kappa shape index (κ3) is 2.97. The van der Waals surface area contributed by atoms with E-state index in [1.165, 1.54) is 16.8 Å². The van der Waals surface area contributed by atoms with Crippen molar-refractivity contribution in [3.8, 4) is 11.1 Å². The van der Waals surface area contributed by atoms with Gasteiger partial charge in [0.05, 0.1) is 5.52 Å². The Morgan fingerprint density at radius 2 is 2.04 bits per heavy atom. The molecule has 4 rings (SSSR count). The molecule has 6 nitrogen and oxygen atoms in total. The van der Waals surface area contributed by atoms with Gasteiger partial charge in [-0.3, -0.25) is 14.6 Å². The fraction of sp³-hybridized carbons (Fsp3) is 0.263. The van der Waals surface area contributed by atoms with Gasteiger partial charge >= 0.3 is 0 Å². The first kappa shape index (κ1) is 17.3. The molecule has 8 heteroatoms. The van der Waals surface area contributed by atoms with Crippen LogP contribution in [0.15, 0.2) is 41.6 Å². The summed E-state index contributed by atoms with van der Waals surface area (Å²) in [7, 11) is 1.61. The first-order valence-electron chi connectivity index (χ1n) is 8.37. The van der Waals surface area contributed by atoms with E-state index in [0.717, 1.165) is 11.1 Å². The molecule has 138 valence electrons. The van der Waals surface area contributed by atoms with Gasteiger partial charge in [-0.25, -0.2) is 13.8 Å². The van der Waals surface area contributed by atoms with E-state index in [4.69, 9.17) is 0 Å². The maximum Gasteiger partial charge on any atom is 0.260 e. The Bertz CT molecular complexity index is 1140. The monoisotopic (exact) mass is 370 g/mol. The third-order valence-corrected chi connectivity index (χ3v) is 4.83. The quantitative estimate of drug-likeness (QED) is 0.769. The number of aromatic nitrogens is 3. The number of carbonyl (C=O) groups is 1. The fourth-order valence-corrected chi connectivity index (χ4v) is 3.08.